The number of anilines is 1. The van der Waals surface area contributed by atoms with Gasteiger partial charge >= 0.3 is 5.97 Å². The van der Waals surface area contributed by atoms with Crippen molar-refractivity contribution in [2.75, 3.05) is 12.3 Å². The molecule has 18 heavy (non-hydrogen) atoms. The Morgan fingerprint density at radius 3 is 3.00 bits per heavy atom. The predicted molar refractivity (Wildman–Crippen MR) is 72.8 cm³/mol. The normalized spacial score (nSPS) is 12.6. The number of benzene rings is 1. The number of carbonyl (C=O) groups excluding carboxylic acids is 1. The molecule has 1 unspecified atom stereocenters. The third-order valence-corrected chi connectivity index (χ3v) is 3.61. The molecular weight excluding hydrogens is 250 g/mol. The largest absolute Gasteiger partial charge is 0.461 e. The molecule has 0 aliphatic heterocycles. The summed E-state index contributed by atoms with van der Waals surface area (Å²) in [5.74, 6) is -0.351. The molecule has 0 saturated carbocycles. The molecule has 1 heterocycles. The maximum absolute atomic E-state index is 11.8. The molecule has 0 radical (unpaired) electrons. The molecule has 2 aromatic rings. The molecule has 0 bridgehead atoms. The number of rotatable bonds is 4. The van der Waals surface area contributed by atoms with Crippen LogP contribution in [0.15, 0.2) is 24.3 Å². The quantitative estimate of drug-likeness (QED) is 0.657. The van der Waals surface area contributed by atoms with Crippen molar-refractivity contribution in [2.24, 2.45) is 0 Å². The molecule has 3 N–H and O–H groups in total. The number of nitrogens with two attached hydrogens (primary N) is 1. The average Bonchev–Trinajstić information content (AvgIpc) is 2.71. The predicted octanol–water partition coefficient (Wildman–Crippen LogP) is 2.41. The van der Waals surface area contributed by atoms with Crippen LogP contribution in [0.25, 0.3) is 10.1 Å². The highest BCUT2D eigenvalue weighted by Gasteiger charge is 2.12. The van der Waals surface area contributed by atoms with Crippen molar-refractivity contribution in [2.45, 2.75) is 19.4 Å². The van der Waals surface area contributed by atoms with Gasteiger partial charge in [0.2, 0.25) is 0 Å². The van der Waals surface area contributed by atoms with Crippen molar-refractivity contribution in [3.63, 3.8) is 0 Å². The summed E-state index contributed by atoms with van der Waals surface area (Å²) in [6.45, 7) is 1.89. The van der Waals surface area contributed by atoms with E-state index in [1.807, 2.05) is 12.1 Å². The van der Waals surface area contributed by atoms with E-state index in [1.165, 1.54) is 11.3 Å². The summed E-state index contributed by atoms with van der Waals surface area (Å²) in [7, 11) is 0. The number of fused-ring (bicyclic) bond motifs is 1. The molecule has 96 valence electrons. The number of esters is 1. The summed E-state index contributed by atoms with van der Waals surface area (Å²) in [6, 6.07) is 7.31. The fourth-order valence-corrected chi connectivity index (χ4v) is 2.49. The van der Waals surface area contributed by atoms with E-state index in [-0.39, 0.29) is 12.6 Å². The van der Waals surface area contributed by atoms with Gasteiger partial charge in [0.05, 0.1) is 12.7 Å². The van der Waals surface area contributed by atoms with Crippen molar-refractivity contribution in [1.82, 2.24) is 0 Å². The smallest absolute Gasteiger partial charge is 0.348 e. The van der Waals surface area contributed by atoms with Gasteiger partial charge in [-0.25, -0.2) is 4.79 Å². The molecule has 1 aromatic carbocycles. The summed E-state index contributed by atoms with van der Waals surface area (Å²) in [4.78, 5) is 12.3. The second-order valence-electron chi connectivity index (χ2n) is 4.18. The van der Waals surface area contributed by atoms with Crippen LogP contribution in [0.5, 0.6) is 0 Å². The molecule has 1 atom stereocenters. The van der Waals surface area contributed by atoms with Gasteiger partial charge in [-0.15, -0.1) is 11.3 Å². The zero-order valence-corrected chi connectivity index (χ0v) is 10.9. The Labute approximate surface area is 109 Å². The molecule has 0 saturated heterocycles. The zero-order valence-electron chi connectivity index (χ0n) is 10.1. The topological polar surface area (TPSA) is 72.5 Å². The number of thiophene rings is 1. The van der Waals surface area contributed by atoms with Crippen molar-refractivity contribution in [3.8, 4) is 0 Å². The lowest BCUT2D eigenvalue weighted by Gasteiger charge is -2.04. The lowest BCUT2D eigenvalue weighted by atomic mass is 10.2. The molecule has 0 aliphatic rings. The molecule has 4 nitrogen and oxygen atoms in total. The maximum Gasteiger partial charge on any atom is 0.348 e. The van der Waals surface area contributed by atoms with Crippen LogP contribution in [0.2, 0.25) is 0 Å². The van der Waals surface area contributed by atoms with Crippen LogP contribution in [0, 0.1) is 0 Å². The van der Waals surface area contributed by atoms with E-state index in [0.29, 0.717) is 17.0 Å². The van der Waals surface area contributed by atoms with Gasteiger partial charge in [0.25, 0.3) is 0 Å². The first-order valence-corrected chi connectivity index (χ1v) is 6.52. The fraction of sp³-hybridized carbons (Fsp3) is 0.308. The SMILES string of the molecule is CC(O)CCOC(=O)c1cc2cc(N)ccc2s1. The summed E-state index contributed by atoms with van der Waals surface area (Å²) in [6.07, 6.45) is -0.0103. The Bertz CT molecular complexity index is 562. The molecule has 1 aromatic heterocycles. The highest BCUT2D eigenvalue weighted by Crippen LogP contribution is 2.27. The van der Waals surface area contributed by atoms with Crippen LogP contribution in [-0.2, 0) is 4.74 Å². The summed E-state index contributed by atoms with van der Waals surface area (Å²) in [5, 5.41) is 10.0. The molecule has 0 aliphatic carbocycles. The van der Waals surface area contributed by atoms with Gasteiger partial charge in [-0.1, -0.05) is 0 Å². The Balaban J connectivity index is 2.08. The van der Waals surface area contributed by atoms with Gasteiger partial charge in [0.1, 0.15) is 4.88 Å². The summed E-state index contributed by atoms with van der Waals surface area (Å²) < 4.78 is 6.09. The minimum Gasteiger partial charge on any atom is -0.461 e. The zero-order chi connectivity index (χ0) is 13.1. The van der Waals surface area contributed by atoms with Gasteiger partial charge in [-0.3, -0.25) is 0 Å². The van der Waals surface area contributed by atoms with Gasteiger partial charge in [-0.2, -0.15) is 0 Å². The lowest BCUT2D eigenvalue weighted by molar-refractivity contribution is 0.0450. The number of hydrogen-bond acceptors (Lipinski definition) is 5. The Kier molecular flexibility index (Phi) is 3.84. The number of ether oxygens (including phenoxy) is 1. The van der Waals surface area contributed by atoms with E-state index in [2.05, 4.69) is 0 Å². The third-order valence-electron chi connectivity index (χ3n) is 2.51. The summed E-state index contributed by atoms with van der Waals surface area (Å²) >= 11 is 1.38. The highest BCUT2D eigenvalue weighted by molar-refractivity contribution is 7.20. The molecule has 0 spiro atoms. The Morgan fingerprint density at radius 1 is 1.50 bits per heavy atom. The first kappa shape index (κ1) is 12.9. The summed E-state index contributed by atoms with van der Waals surface area (Å²) in [5.41, 5.74) is 6.36. The number of hydrogen-bond donors (Lipinski definition) is 2. The minimum absolute atomic E-state index is 0.229. The van der Waals surface area contributed by atoms with E-state index in [1.54, 1.807) is 19.1 Å². The first-order valence-electron chi connectivity index (χ1n) is 5.70. The molecule has 0 fully saturated rings. The van der Waals surface area contributed by atoms with Crippen LogP contribution in [0.4, 0.5) is 5.69 Å². The Morgan fingerprint density at radius 2 is 2.28 bits per heavy atom. The fourth-order valence-electron chi connectivity index (χ4n) is 1.56. The highest BCUT2D eigenvalue weighted by atomic mass is 32.1. The minimum atomic E-state index is -0.458. The van der Waals surface area contributed by atoms with Gasteiger partial charge < -0.3 is 15.6 Å². The van der Waals surface area contributed by atoms with E-state index in [0.717, 1.165) is 10.1 Å². The van der Waals surface area contributed by atoms with Crippen molar-refractivity contribution in [3.05, 3.63) is 29.1 Å². The third kappa shape index (κ3) is 3.00. The molecule has 2 rings (SSSR count). The van der Waals surface area contributed by atoms with E-state index >= 15 is 0 Å². The van der Waals surface area contributed by atoms with Gasteiger partial charge in [0.15, 0.2) is 0 Å². The maximum atomic E-state index is 11.8. The van der Waals surface area contributed by atoms with Crippen LogP contribution in [0.1, 0.15) is 23.0 Å². The number of carbonyl (C=O) groups is 1. The van der Waals surface area contributed by atoms with Crippen molar-refractivity contribution >= 4 is 33.1 Å². The second kappa shape index (κ2) is 5.37. The molecular formula is C13H15NO3S. The monoisotopic (exact) mass is 265 g/mol. The van der Waals surface area contributed by atoms with Crippen molar-refractivity contribution in [1.29, 1.82) is 0 Å². The molecule has 5 heteroatoms. The van der Waals surface area contributed by atoms with Crippen LogP contribution in [0.3, 0.4) is 0 Å². The average molecular weight is 265 g/mol. The first-order chi connectivity index (χ1) is 8.56. The van der Waals surface area contributed by atoms with E-state index in [9.17, 15) is 4.79 Å². The van der Waals surface area contributed by atoms with Crippen LogP contribution in [-0.4, -0.2) is 23.8 Å². The van der Waals surface area contributed by atoms with Crippen LogP contribution >= 0.6 is 11.3 Å². The standard InChI is InChI=1S/C13H15NO3S/c1-8(15)4-5-17-13(16)12-7-9-6-10(14)2-3-11(9)18-12/h2-3,6-8,15H,4-5,14H2,1H3. The van der Waals surface area contributed by atoms with Gasteiger partial charge in [0, 0.05) is 16.8 Å². The van der Waals surface area contributed by atoms with E-state index < -0.39 is 6.10 Å². The lowest BCUT2D eigenvalue weighted by Crippen LogP contribution is -2.09. The van der Waals surface area contributed by atoms with Crippen LogP contribution < -0.4 is 5.73 Å². The number of aliphatic hydroxyl groups is 1. The van der Waals surface area contributed by atoms with E-state index in [4.69, 9.17) is 15.6 Å². The molecule has 0 amide bonds. The Hall–Kier alpha value is -1.59. The number of aliphatic hydroxyl groups excluding tert-OH is 1. The second-order valence-corrected chi connectivity index (χ2v) is 5.27. The number of nitrogen functional groups attached to an aromatic ring is 1. The van der Waals surface area contributed by atoms with Crippen molar-refractivity contribution < 1.29 is 14.6 Å². The van der Waals surface area contributed by atoms with Gasteiger partial charge in [-0.05, 0) is 36.6 Å².